The van der Waals surface area contributed by atoms with Gasteiger partial charge in [0.25, 0.3) is 0 Å². The summed E-state index contributed by atoms with van der Waals surface area (Å²) in [6.07, 6.45) is 3.86. The fourth-order valence-electron chi connectivity index (χ4n) is 3.57. The number of hydrogen-bond acceptors (Lipinski definition) is 7. The summed E-state index contributed by atoms with van der Waals surface area (Å²) in [5.41, 5.74) is 2.39. The van der Waals surface area contributed by atoms with Crippen LogP contribution in [0.2, 0.25) is 0 Å². The quantitative estimate of drug-likeness (QED) is 0.585. The van der Waals surface area contributed by atoms with Crippen molar-refractivity contribution in [1.82, 2.24) is 14.9 Å². The summed E-state index contributed by atoms with van der Waals surface area (Å²) in [4.78, 5) is 36.3. The second-order valence-electron chi connectivity index (χ2n) is 8.29. The summed E-state index contributed by atoms with van der Waals surface area (Å²) in [5, 5.41) is 4.61. The molecule has 9 heteroatoms. The van der Waals surface area contributed by atoms with E-state index in [0.29, 0.717) is 13.0 Å². The molecule has 1 aliphatic heterocycles. The van der Waals surface area contributed by atoms with E-state index in [9.17, 15) is 9.59 Å². The first-order valence-electron chi connectivity index (χ1n) is 9.77. The summed E-state index contributed by atoms with van der Waals surface area (Å²) < 4.78 is 6.64. The number of aromatic nitrogens is 2. The number of anilines is 1. The SMILES string of the molecule is CC(=O)Nc1sc2c(c1-c1nc3cnccc3s1)CCN(C(=O)OC(C)(C)C)C2C. The van der Waals surface area contributed by atoms with Crippen LogP contribution in [0.15, 0.2) is 18.5 Å². The van der Waals surface area contributed by atoms with Gasteiger partial charge in [0.1, 0.15) is 21.1 Å². The third-order valence-electron chi connectivity index (χ3n) is 4.81. The standard InChI is InChI=1S/C21H24N4O3S2/c1-11-17-13(7-9-25(11)20(27)28-21(3,4)5)16(18(30-17)23-12(2)26)19-24-14-10-22-8-6-15(14)29-19/h6,8,10-11H,7,9H2,1-5H3,(H,23,26). The highest BCUT2D eigenvalue weighted by atomic mass is 32.1. The number of fused-ring (bicyclic) bond motifs is 2. The Morgan fingerprint density at radius 3 is 2.73 bits per heavy atom. The Kier molecular flexibility index (Phi) is 5.27. The number of ether oxygens (including phenoxy) is 1. The lowest BCUT2D eigenvalue weighted by atomic mass is 9.98. The predicted molar refractivity (Wildman–Crippen MR) is 120 cm³/mol. The Morgan fingerprint density at radius 1 is 1.30 bits per heavy atom. The third-order valence-corrected chi connectivity index (χ3v) is 7.18. The maximum atomic E-state index is 12.7. The summed E-state index contributed by atoms with van der Waals surface area (Å²) in [6, 6.07) is 1.80. The minimum Gasteiger partial charge on any atom is -0.444 e. The van der Waals surface area contributed by atoms with Crippen LogP contribution < -0.4 is 5.32 Å². The zero-order valence-electron chi connectivity index (χ0n) is 17.6. The first kappa shape index (κ1) is 20.7. The number of amides is 2. The minimum absolute atomic E-state index is 0.130. The number of nitrogens with zero attached hydrogens (tertiary/aromatic N) is 3. The molecule has 0 radical (unpaired) electrons. The number of thiophene rings is 1. The Balaban J connectivity index is 1.77. The fourth-order valence-corrected chi connectivity index (χ4v) is 6.00. The number of nitrogens with one attached hydrogen (secondary N) is 1. The summed E-state index contributed by atoms with van der Waals surface area (Å²) in [6.45, 7) is 9.66. The zero-order valence-corrected chi connectivity index (χ0v) is 19.2. The van der Waals surface area contributed by atoms with Gasteiger partial charge in [0.15, 0.2) is 0 Å². The second kappa shape index (κ2) is 7.63. The van der Waals surface area contributed by atoms with Crippen LogP contribution >= 0.6 is 22.7 Å². The molecule has 1 atom stereocenters. The molecule has 0 aromatic carbocycles. The van der Waals surface area contributed by atoms with Gasteiger partial charge in [-0.25, -0.2) is 9.78 Å². The van der Waals surface area contributed by atoms with Crippen LogP contribution in [0.25, 0.3) is 20.8 Å². The number of carbonyl (C=O) groups is 2. The third kappa shape index (κ3) is 3.91. The molecule has 0 saturated carbocycles. The molecule has 3 aromatic rings. The van der Waals surface area contributed by atoms with E-state index in [0.717, 1.165) is 36.2 Å². The molecule has 0 spiro atoms. The van der Waals surface area contributed by atoms with E-state index in [1.807, 2.05) is 33.8 Å². The zero-order chi connectivity index (χ0) is 21.6. The highest BCUT2D eigenvalue weighted by molar-refractivity contribution is 7.23. The van der Waals surface area contributed by atoms with Gasteiger partial charge in [0, 0.05) is 30.1 Å². The van der Waals surface area contributed by atoms with Crippen LogP contribution in [0, 0.1) is 0 Å². The average molecular weight is 445 g/mol. The molecular weight excluding hydrogens is 420 g/mol. The van der Waals surface area contributed by atoms with E-state index in [-0.39, 0.29) is 18.0 Å². The number of carbonyl (C=O) groups excluding carboxylic acids is 2. The maximum absolute atomic E-state index is 12.7. The molecule has 0 saturated heterocycles. The number of hydrogen-bond donors (Lipinski definition) is 1. The largest absolute Gasteiger partial charge is 0.444 e. The first-order valence-corrected chi connectivity index (χ1v) is 11.4. The minimum atomic E-state index is -0.548. The van der Waals surface area contributed by atoms with Gasteiger partial charge in [-0.05, 0) is 45.7 Å². The van der Waals surface area contributed by atoms with E-state index in [1.54, 1.807) is 28.6 Å². The van der Waals surface area contributed by atoms with Crippen molar-refractivity contribution in [3.63, 3.8) is 0 Å². The van der Waals surface area contributed by atoms with E-state index in [2.05, 4.69) is 10.3 Å². The normalized spacial score (nSPS) is 16.4. The topological polar surface area (TPSA) is 84.4 Å². The lowest BCUT2D eigenvalue weighted by molar-refractivity contribution is -0.114. The van der Waals surface area contributed by atoms with Crippen molar-refractivity contribution in [2.45, 2.75) is 52.7 Å². The van der Waals surface area contributed by atoms with Gasteiger partial charge in [0.2, 0.25) is 5.91 Å². The maximum Gasteiger partial charge on any atom is 0.410 e. The molecule has 7 nitrogen and oxygen atoms in total. The molecule has 0 bridgehead atoms. The first-order chi connectivity index (χ1) is 14.1. The van der Waals surface area contributed by atoms with Crippen LogP contribution in [-0.2, 0) is 16.0 Å². The van der Waals surface area contributed by atoms with Crippen LogP contribution in [0.4, 0.5) is 9.80 Å². The van der Waals surface area contributed by atoms with Crippen molar-refractivity contribution in [1.29, 1.82) is 0 Å². The molecular formula is C21H24N4O3S2. The van der Waals surface area contributed by atoms with Gasteiger partial charge >= 0.3 is 6.09 Å². The van der Waals surface area contributed by atoms with Crippen molar-refractivity contribution >= 4 is 49.9 Å². The highest BCUT2D eigenvalue weighted by Crippen LogP contribution is 2.48. The summed E-state index contributed by atoms with van der Waals surface area (Å²) in [7, 11) is 0. The van der Waals surface area contributed by atoms with Crippen LogP contribution in [0.3, 0.4) is 0 Å². The Morgan fingerprint density at radius 2 is 2.07 bits per heavy atom. The van der Waals surface area contributed by atoms with E-state index in [4.69, 9.17) is 9.72 Å². The van der Waals surface area contributed by atoms with Crippen molar-refractivity contribution in [2.75, 3.05) is 11.9 Å². The molecule has 4 heterocycles. The summed E-state index contributed by atoms with van der Waals surface area (Å²) >= 11 is 3.10. The lowest BCUT2D eigenvalue weighted by Crippen LogP contribution is -2.41. The van der Waals surface area contributed by atoms with E-state index < -0.39 is 5.60 Å². The van der Waals surface area contributed by atoms with Crippen molar-refractivity contribution in [3.8, 4) is 10.6 Å². The monoisotopic (exact) mass is 444 g/mol. The summed E-state index contributed by atoms with van der Waals surface area (Å²) in [5.74, 6) is -0.130. The van der Waals surface area contributed by atoms with Crippen LogP contribution in [0.1, 0.15) is 51.1 Å². The fraction of sp³-hybridized carbons (Fsp3) is 0.429. The number of rotatable bonds is 2. The molecule has 0 fully saturated rings. The van der Waals surface area contributed by atoms with Crippen molar-refractivity contribution in [2.24, 2.45) is 0 Å². The van der Waals surface area contributed by atoms with Crippen molar-refractivity contribution < 1.29 is 14.3 Å². The van der Waals surface area contributed by atoms with Gasteiger partial charge < -0.3 is 15.0 Å². The van der Waals surface area contributed by atoms with Gasteiger partial charge in [-0.1, -0.05) is 0 Å². The molecule has 1 aliphatic rings. The Labute approximate surface area is 183 Å². The molecule has 1 unspecified atom stereocenters. The molecule has 158 valence electrons. The molecule has 0 aliphatic carbocycles. The van der Waals surface area contributed by atoms with Gasteiger partial charge in [-0.3, -0.25) is 9.78 Å². The Bertz CT molecular complexity index is 1100. The molecule has 1 N–H and O–H groups in total. The number of pyridine rings is 1. The predicted octanol–water partition coefficient (Wildman–Crippen LogP) is 5.23. The molecule has 4 rings (SSSR count). The number of thiazole rings is 1. The van der Waals surface area contributed by atoms with E-state index in [1.165, 1.54) is 18.3 Å². The lowest BCUT2D eigenvalue weighted by Gasteiger charge is -2.35. The highest BCUT2D eigenvalue weighted by Gasteiger charge is 2.35. The molecule has 30 heavy (non-hydrogen) atoms. The smallest absolute Gasteiger partial charge is 0.410 e. The van der Waals surface area contributed by atoms with Gasteiger partial charge in [-0.2, -0.15) is 0 Å². The van der Waals surface area contributed by atoms with Gasteiger partial charge in [-0.15, -0.1) is 22.7 Å². The second-order valence-corrected chi connectivity index (χ2v) is 10.4. The van der Waals surface area contributed by atoms with E-state index >= 15 is 0 Å². The van der Waals surface area contributed by atoms with Crippen molar-refractivity contribution in [3.05, 3.63) is 28.9 Å². The Hall–Kier alpha value is -2.52. The van der Waals surface area contributed by atoms with Crippen LogP contribution in [-0.4, -0.2) is 39.0 Å². The van der Waals surface area contributed by atoms with Crippen LogP contribution in [0.5, 0.6) is 0 Å². The molecule has 3 aromatic heterocycles. The van der Waals surface area contributed by atoms with Gasteiger partial charge in [0.05, 0.1) is 16.9 Å². The molecule has 2 amide bonds. The average Bonchev–Trinajstić information content (AvgIpc) is 3.20.